The van der Waals surface area contributed by atoms with E-state index in [1.54, 1.807) is 72.8 Å². The van der Waals surface area contributed by atoms with E-state index in [1.807, 2.05) is 0 Å². The van der Waals surface area contributed by atoms with Gasteiger partial charge in [0.15, 0.2) is 0 Å². The molecule has 3 aromatic carbocycles. The molecule has 0 heterocycles. The van der Waals surface area contributed by atoms with Crippen molar-refractivity contribution in [3.8, 4) is 17.2 Å². The highest BCUT2D eigenvalue weighted by Gasteiger charge is 2.42. The van der Waals surface area contributed by atoms with Crippen LogP contribution in [0.5, 0.6) is 17.2 Å². The highest BCUT2D eigenvalue weighted by Crippen LogP contribution is 2.45. The number of ether oxygens (including phenoxy) is 3. The lowest BCUT2D eigenvalue weighted by molar-refractivity contribution is -0.0621. The van der Waals surface area contributed by atoms with Gasteiger partial charge in [-0.25, -0.2) is 0 Å². The summed E-state index contributed by atoms with van der Waals surface area (Å²) in [5, 5.41) is 34.1. The number of hydrogen-bond acceptors (Lipinski definition) is 9. The number of hydrogen-bond donors (Lipinski definition) is 3. The fourth-order valence-electron chi connectivity index (χ4n) is 8.89. The van der Waals surface area contributed by atoms with Gasteiger partial charge < -0.3 is 44.2 Å². The van der Waals surface area contributed by atoms with Gasteiger partial charge in [0.25, 0.3) is 0 Å². The van der Waals surface area contributed by atoms with Gasteiger partial charge in [-0.1, -0.05) is 74.9 Å². The molecule has 58 heavy (non-hydrogen) atoms. The molecule has 3 saturated carbocycles. The Balaban J connectivity index is 0.000000298. The second-order valence-electron chi connectivity index (χ2n) is 15.6. The monoisotopic (exact) mass is 844 g/mol. The van der Waals surface area contributed by atoms with E-state index in [2.05, 4.69) is 0 Å². The quantitative estimate of drug-likeness (QED) is 0.166. The molecular formula is C48H76ClN3O6. The first-order chi connectivity index (χ1) is 34.4. The van der Waals surface area contributed by atoms with Gasteiger partial charge in [-0.05, 0) is 133 Å². The van der Waals surface area contributed by atoms with E-state index in [4.69, 9.17) is 38.9 Å². The van der Waals surface area contributed by atoms with E-state index in [0.717, 1.165) is 38.5 Å². The Hall–Kier alpha value is -2.89. The van der Waals surface area contributed by atoms with Crippen LogP contribution in [0.2, 0.25) is 0 Å². The summed E-state index contributed by atoms with van der Waals surface area (Å²) < 4.78 is 152. The summed E-state index contributed by atoms with van der Waals surface area (Å²) >= 11 is 0. The van der Waals surface area contributed by atoms with Gasteiger partial charge in [0.05, 0.1) is 38.1 Å². The molecule has 0 saturated heterocycles. The fraction of sp³-hybridized carbons (Fsp3) is 0.625. The highest BCUT2D eigenvalue weighted by atomic mass is 35.5. The van der Waals surface area contributed by atoms with E-state index in [9.17, 15) is 15.3 Å². The van der Waals surface area contributed by atoms with Crippen molar-refractivity contribution in [3.05, 3.63) is 89.5 Å². The van der Waals surface area contributed by atoms with Crippen molar-refractivity contribution in [2.75, 3.05) is 82.8 Å². The number of nitrogens with zero attached hydrogens (tertiary/aromatic N) is 3. The van der Waals surface area contributed by atoms with Crippen molar-refractivity contribution >= 4 is 12.4 Å². The average molecular weight is 845 g/mol. The third-order valence-corrected chi connectivity index (χ3v) is 12.0. The summed E-state index contributed by atoms with van der Waals surface area (Å²) in [6.45, 7) is -17.2. The van der Waals surface area contributed by atoms with Crippen LogP contribution in [-0.2, 0) is 16.8 Å². The van der Waals surface area contributed by atoms with Crippen LogP contribution in [-0.4, -0.2) is 113 Å². The normalized spacial score (nSPS) is 32.9. The van der Waals surface area contributed by atoms with Crippen molar-refractivity contribution in [2.24, 2.45) is 17.8 Å². The smallest absolute Gasteiger partial charge is 0.119 e. The molecule has 3 fully saturated rings. The van der Waals surface area contributed by atoms with Crippen LogP contribution < -0.4 is 14.2 Å². The molecular weight excluding hydrogens is 750 g/mol. The van der Waals surface area contributed by atoms with Crippen LogP contribution in [0.1, 0.15) is 118 Å². The van der Waals surface area contributed by atoms with Crippen molar-refractivity contribution in [1.29, 1.82) is 0 Å². The lowest BCUT2D eigenvalue weighted by Crippen LogP contribution is -2.43. The first kappa shape index (κ1) is 28.6. The Bertz CT molecular complexity index is 1980. The molecule has 3 aliphatic rings. The zero-order valence-corrected chi connectivity index (χ0v) is 34.9. The van der Waals surface area contributed by atoms with Gasteiger partial charge in [-0.2, -0.15) is 0 Å². The highest BCUT2D eigenvalue weighted by molar-refractivity contribution is 5.85. The Morgan fingerprint density at radius 1 is 0.500 bits per heavy atom. The van der Waals surface area contributed by atoms with Gasteiger partial charge in [-0.3, -0.25) is 0 Å². The molecule has 0 radical (unpaired) electrons. The molecule has 0 bridgehead atoms. The number of rotatable bonds is 12. The molecule has 0 amide bonds. The average Bonchev–Trinajstić information content (AvgIpc) is 3.31. The van der Waals surface area contributed by atoms with Crippen molar-refractivity contribution in [1.82, 2.24) is 14.7 Å². The van der Waals surface area contributed by atoms with E-state index >= 15 is 0 Å². The first-order valence-corrected chi connectivity index (χ1v) is 19.9. The second kappa shape index (κ2) is 23.2. The Morgan fingerprint density at radius 3 is 1.02 bits per heavy atom. The summed E-state index contributed by atoms with van der Waals surface area (Å²) in [5.74, 6) is 0.314. The molecule has 6 rings (SSSR count). The Kier molecular flexibility index (Phi) is 11.4. The minimum absolute atomic E-state index is 0. The molecule has 0 aromatic heterocycles. The zero-order chi connectivity index (χ0) is 56.6. The molecule has 0 aliphatic heterocycles. The predicted octanol–water partition coefficient (Wildman–Crippen LogP) is 8.33. The van der Waals surface area contributed by atoms with Crippen LogP contribution in [0.15, 0.2) is 72.8 Å². The predicted molar refractivity (Wildman–Crippen MR) is 239 cm³/mol. The number of methoxy groups -OCH3 is 3. The molecule has 3 aromatic rings. The molecule has 326 valence electrons. The number of halogens is 1. The van der Waals surface area contributed by atoms with E-state index < -0.39 is 76.4 Å². The SMILES string of the molecule is Cl.[2H]C([2H])([2H])N(CC1CCCCC1(O)c1cccc(OC)c1)C([2H])([2H])[2H].[2H]C([2H])([2H])N(C[C@@H]1CCCC[C@@]1(O)c1cccc(OC)c1)C([2H])([2H])[2H].[2H]C([2H])([2H])N(C[C@@H]1CCCC[C@@]1(O)c1cccc(OC)c1)C([2H])([2H])[2H]. The van der Waals surface area contributed by atoms with E-state index in [0.29, 0.717) is 87.2 Å². The topological polar surface area (TPSA) is 98.1 Å². The van der Waals surface area contributed by atoms with E-state index in [1.165, 1.54) is 21.3 Å². The summed E-state index contributed by atoms with van der Waals surface area (Å²) in [6, 6.07) is 21.1. The van der Waals surface area contributed by atoms with Gasteiger partial charge in [-0.15, -0.1) is 12.4 Å². The summed E-state index contributed by atoms with van der Waals surface area (Å²) in [7, 11) is 4.60. The Labute approximate surface area is 382 Å². The van der Waals surface area contributed by atoms with Gasteiger partial charge >= 0.3 is 0 Å². The first-order valence-electron chi connectivity index (χ1n) is 28.9. The summed E-state index contributed by atoms with van der Waals surface area (Å²) in [6.07, 6.45) is 7.95. The molecule has 0 spiro atoms. The summed E-state index contributed by atoms with van der Waals surface area (Å²) in [5.41, 5.74) is -1.93. The zero-order valence-electron chi connectivity index (χ0n) is 52.1. The standard InChI is InChI=1S/3C16H25NO2.ClH/c3*1-17(2)12-14-7-4-5-10-16(14,18)13-8-6-9-15(11-13)19-3;/h3*6,8-9,11,14,18H,4-5,7,10,12H2,1-3H3;1H/t2*14-,16+;;/m00../s1/i3*1D3,2D3;. The molecule has 9 nitrogen and oxygen atoms in total. The van der Waals surface area contributed by atoms with Crippen molar-refractivity contribution < 1.29 is 54.2 Å². The third-order valence-electron chi connectivity index (χ3n) is 12.0. The molecule has 2 unspecified atom stereocenters. The largest absolute Gasteiger partial charge is 0.497 e. The fourth-order valence-corrected chi connectivity index (χ4v) is 8.89. The van der Waals surface area contributed by atoms with Crippen molar-refractivity contribution in [3.63, 3.8) is 0 Å². The maximum Gasteiger partial charge on any atom is 0.119 e. The van der Waals surface area contributed by atoms with Crippen LogP contribution in [0.3, 0.4) is 0 Å². The molecule has 3 aliphatic carbocycles. The van der Waals surface area contributed by atoms with Crippen LogP contribution in [0.25, 0.3) is 0 Å². The Morgan fingerprint density at radius 2 is 0.776 bits per heavy atom. The molecule has 3 N–H and O–H groups in total. The molecule has 6 atom stereocenters. The van der Waals surface area contributed by atoms with Crippen LogP contribution in [0, 0.1) is 17.8 Å². The number of aliphatic hydroxyl groups is 3. The van der Waals surface area contributed by atoms with Crippen LogP contribution >= 0.6 is 12.4 Å². The maximum atomic E-state index is 11.4. The van der Waals surface area contributed by atoms with Gasteiger partial charge in [0.2, 0.25) is 0 Å². The van der Waals surface area contributed by atoms with Gasteiger partial charge in [0.1, 0.15) is 17.2 Å². The minimum Gasteiger partial charge on any atom is -0.497 e. The third kappa shape index (κ3) is 13.1. The minimum atomic E-state index is -2.75. The van der Waals surface area contributed by atoms with E-state index in [-0.39, 0.29) is 32.0 Å². The maximum absolute atomic E-state index is 11.4. The second-order valence-corrected chi connectivity index (χ2v) is 15.6. The lowest BCUT2D eigenvalue weighted by atomic mass is 9.71. The lowest BCUT2D eigenvalue weighted by Gasteiger charge is -2.41. The molecule has 10 heteroatoms. The summed E-state index contributed by atoms with van der Waals surface area (Å²) in [4.78, 5) is 1.63. The number of benzene rings is 3. The van der Waals surface area contributed by atoms with Crippen LogP contribution in [0.4, 0.5) is 0 Å². The van der Waals surface area contributed by atoms with Gasteiger partial charge in [0, 0.05) is 62.1 Å². The van der Waals surface area contributed by atoms with Crippen molar-refractivity contribution in [2.45, 2.75) is 93.9 Å².